The molecule has 25 heavy (non-hydrogen) atoms. The van der Waals surface area contributed by atoms with Gasteiger partial charge in [0.25, 0.3) is 0 Å². The molecule has 2 amide bonds. The summed E-state index contributed by atoms with van der Waals surface area (Å²) in [6.07, 6.45) is 2.99. The van der Waals surface area contributed by atoms with Crippen LogP contribution in [0.4, 0.5) is 19.5 Å². The predicted octanol–water partition coefficient (Wildman–Crippen LogP) is 2.81. The summed E-state index contributed by atoms with van der Waals surface area (Å²) in [5.41, 5.74) is 0.555. The van der Waals surface area contributed by atoms with Gasteiger partial charge in [-0.15, -0.1) is 0 Å². The van der Waals surface area contributed by atoms with Gasteiger partial charge in [0.15, 0.2) is 11.6 Å². The second kappa shape index (κ2) is 6.13. The molecule has 1 aliphatic heterocycles. The molecule has 1 saturated heterocycles. The lowest BCUT2D eigenvalue weighted by molar-refractivity contribution is 0.198. The van der Waals surface area contributed by atoms with Crippen molar-refractivity contribution in [2.75, 3.05) is 18.5 Å². The molecule has 1 aromatic carbocycles. The molecule has 1 aromatic heterocycles. The maximum Gasteiger partial charge on any atom is 0.327 e. The van der Waals surface area contributed by atoms with Crippen LogP contribution < -0.4 is 4.90 Å². The zero-order chi connectivity index (χ0) is 18.2. The first-order valence-corrected chi connectivity index (χ1v) is 7.62. The van der Waals surface area contributed by atoms with Gasteiger partial charge >= 0.3 is 6.03 Å². The minimum absolute atomic E-state index is 0.161. The van der Waals surface area contributed by atoms with Crippen LogP contribution in [0.25, 0.3) is 0 Å². The molecular weight excluding hydrogens is 326 g/mol. The largest absolute Gasteiger partial charge is 0.327 e. The Labute approximate surface area is 144 Å². The third kappa shape index (κ3) is 3.29. The SMILES string of the molecule is CN1C(=O)N(c2ncc(C#Cc3ccc(F)c(F)c3)cn2)CC1(C)C. The first-order valence-electron chi connectivity index (χ1n) is 7.62. The quantitative estimate of drug-likeness (QED) is 0.749. The van der Waals surface area contributed by atoms with E-state index in [1.54, 1.807) is 11.9 Å². The highest BCUT2D eigenvalue weighted by Crippen LogP contribution is 2.26. The molecule has 0 N–H and O–H groups in total. The number of aromatic nitrogens is 2. The number of hydrogen-bond acceptors (Lipinski definition) is 3. The van der Waals surface area contributed by atoms with Crippen molar-refractivity contribution in [2.45, 2.75) is 19.4 Å². The summed E-state index contributed by atoms with van der Waals surface area (Å²) in [4.78, 5) is 23.8. The minimum atomic E-state index is -0.947. The maximum atomic E-state index is 13.2. The Hall–Kier alpha value is -3.01. The fourth-order valence-corrected chi connectivity index (χ4v) is 2.40. The van der Waals surface area contributed by atoms with Crippen LogP contribution in [0.3, 0.4) is 0 Å². The van der Waals surface area contributed by atoms with Crippen LogP contribution in [0.2, 0.25) is 0 Å². The lowest BCUT2D eigenvalue weighted by Crippen LogP contribution is -2.38. The van der Waals surface area contributed by atoms with E-state index in [9.17, 15) is 13.6 Å². The molecule has 0 aliphatic carbocycles. The number of carbonyl (C=O) groups is 1. The van der Waals surface area contributed by atoms with Crippen molar-refractivity contribution in [3.05, 3.63) is 53.4 Å². The Kier molecular flexibility index (Phi) is 4.13. The van der Waals surface area contributed by atoms with E-state index in [0.29, 0.717) is 23.6 Å². The number of rotatable bonds is 1. The van der Waals surface area contributed by atoms with Crippen molar-refractivity contribution >= 4 is 12.0 Å². The zero-order valence-corrected chi connectivity index (χ0v) is 14.0. The summed E-state index contributed by atoms with van der Waals surface area (Å²) < 4.78 is 26.0. The van der Waals surface area contributed by atoms with Gasteiger partial charge in [-0.25, -0.2) is 23.5 Å². The first-order chi connectivity index (χ1) is 11.8. The Morgan fingerprint density at radius 2 is 1.72 bits per heavy atom. The molecule has 7 heteroatoms. The van der Waals surface area contributed by atoms with E-state index >= 15 is 0 Å². The molecule has 1 fully saturated rings. The molecule has 5 nitrogen and oxygen atoms in total. The Morgan fingerprint density at radius 3 is 2.28 bits per heavy atom. The standard InChI is InChI=1S/C18H16F2N4O/c1-18(2)11-24(17(25)23(18)3)16-21-9-13(10-22-16)5-4-12-6-7-14(19)15(20)8-12/h6-10H,11H2,1-3H3. The topological polar surface area (TPSA) is 49.3 Å². The molecule has 0 unspecified atom stereocenters. The third-order valence-electron chi connectivity index (χ3n) is 4.12. The summed E-state index contributed by atoms with van der Waals surface area (Å²) in [6, 6.07) is 3.28. The Balaban J connectivity index is 1.79. The summed E-state index contributed by atoms with van der Waals surface area (Å²) in [5.74, 6) is 3.95. The second-order valence-electron chi connectivity index (χ2n) is 6.39. The monoisotopic (exact) mass is 342 g/mol. The third-order valence-corrected chi connectivity index (χ3v) is 4.12. The van der Waals surface area contributed by atoms with E-state index in [1.807, 2.05) is 13.8 Å². The van der Waals surface area contributed by atoms with Gasteiger partial charge in [-0.2, -0.15) is 0 Å². The number of urea groups is 1. The number of nitrogens with zero attached hydrogens (tertiary/aromatic N) is 4. The van der Waals surface area contributed by atoms with E-state index in [4.69, 9.17) is 0 Å². The van der Waals surface area contributed by atoms with Crippen LogP contribution in [0.1, 0.15) is 25.0 Å². The van der Waals surface area contributed by atoms with Gasteiger partial charge in [0, 0.05) is 25.0 Å². The molecule has 3 rings (SSSR count). The molecule has 128 valence electrons. The van der Waals surface area contributed by atoms with Crippen LogP contribution in [-0.4, -0.2) is 40.0 Å². The molecule has 0 spiro atoms. The van der Waals surface area contributed by atoms with E-state index < -0.39 is 11.6 Å². The average molecular weight is 342 g/mol. The normalized spacial score (nSPS) is 16.0. The van der Waals surface area contributed by atoms with Crippen molar-refractivity contribution in [3.8, 4) is 11.8 Å². The number of halogens is 2. The van der Waals surface area contributed by atoms with Crippen molar-refractivity contribution in [3.63, 3.8) is 0 Å². The second-order valence-corrected chi connectivity index (χ2v) is 6.39. The van der Waals surface area contributed by atoms with Gasteiger partial charge in [-0.3, -0.25) is 4.90 Å². The molecule has 2 heterocycles. The average Bonchev–Trinajstić information content (AvgIpc) is 2.80. The molecule has 0 atom stereocenters. The number of likely N-dealkylation sites (N-methyl/N-ethyl adjacent to an activating group) is 1. The van der Waals surface area contributed by atoms with E-state index in [2.05, 4.69) is 21.8 Å². The van der Waals surface area contributed by atoms with Gasteiger partial charge < -0.3 is 4.90 Å². The fourth-order valence-electron chi connectivity index (χ4n) is 2.40. The zero-order valence-electron chi connectivity index (χ0n) is 14.0. The number of benzene rings is 1. The van der Waals surface area contributed by atoms with Crippen molar-refractivity contribution in [1.82, 2.24) is 14.9 Å². The van der Waals surface area contributed by atoms with Crippen LogP contribution >= 0.6 is 0 Å². The van der Waals surface area contributed by atoms with Gasteiger partial charge in [0.1, 0.15) is 0 Å². The lowest BCUT2D eigenvalue weighted by Gasteiger charge is -2.24. The minimum Gasteiger partial charge on any atom is -0.320 e. The number of amides is 2. The van der Waals surface area contributed by atoms with Crippen molar-refractivity contribution in [2.24, 2.45) is 0 Å². The van der Waals surface area contributed by atoms with Crippen LogP contribution in [-0.2, 0) is 0 Å². The fraction of sp³-hybridized carbons (Fsp3) is 0.278. The number of anilines is 1. The molecule has 1 aliphatic rings. The van der Waals surface area contributed by atoms with Crippen LogP contribution in [0, 0.1) is 23.5 Å². The van der Waals surface area contributed by atoms with E-state index in [-0.39, 0.29) is 11.6 Å². The summed E-state index contributed by atoms with van der Waals surface area (Å²) in [5, 5.41) is 0. The summed E-state index contributed by atoms with van der Waals surface area (Å²) in [6.45, 7) is 4.42. The Bertz CT molecular complexity index is 884. The highest BCUT2D eigenvalue weighted by Gasteiger charge is 2.42. The number of carbonyl (C=O) groups excluding carboxylic acids is 1. The van der Waals surface area contributed by atoms with Crippen molar-refractivity contribution in [1.29, 1.82) is 0 Å². The molecule has 2 aromatic rings. The van der Waals surface area contributed by atoms with Crippen LogP contribution in [0.15, 0.2) is 30.6 Å². The summed E-state index contributed by atoms with van der Waals surface area (Å²) >= 11 is 0. The van der Waals surface area contributed by atoms with Gasteiger partial charge in [-0.1, -0.05) is 11.8 Å². The van der Waals surface area contributed by atoms with Gasteiger partial charge in [0.2, 0.25) is 5.95 Å². The molecule has 0 saturated carbocycles. The summed E-state index contributed by atoms with van der Waals surface area (Å²) in [7, 11) is 1.74. The van der Waals surface area contributed by atoms with Crippen LogP contribution in [0.5, 0.6) is 0 Å². The molecule has 0 bridgehead atoms. The van der Waals surface area contributed by atoms with E-state index in [1.165, 1.54) is 23.4 Å². The first kappa shape index (κ1) is 16.8. The molecular formula is C18H16F2N4O. The van der Waals surface area contributed by atoms with Crippen molar-refractivity contribution < 1.29 is 13.6 Å². The van der Waals surface area contributed by atoms with Gasteiger partial charge in [0.05, 0.1) is 17.6 Å². The predicted molar refractivity (Wildman–Crippen MR) is 89.0 cm³/mol. The smallest absolute Gasteiger partial charge is 0.320 e. The lowest BCUT2D eigenvalue weighted by atomic mass is 10.1. The number of hydrogen-bond donors (Lipinski definition) is 0. The maximum absolute atomic E-state index is 13.2. The Morgan fingerprint density at radius 1 is 1.08 bits per heavy atom. The molecule has 0 radical (unpaired) electrons. The highest BCUT2D eigenvalue weighted by atomic mass is 19.2. The van der Waals surface area contributed by atoms with E-state index in [0.717, 1.165) is 12.1 Å². The highest BCUT2D eigenvalue weighted by molar-refractivity contribution is 5.93. The van der Waals surface area contributed by atoms with Gasteiger partial charge in [-0.05, 0) is 32.0 Å².